The Morgan fingerprint density at radius 1 is 1.26 bits per heavy atom. The molecule has 0 unspecified atom stereocenters. The van der Waals surface area contributed by atoms with E-state index in [1.54, 1.807) is 30.3 Å². The first-order valence-corrected chi connectivity index (χ1v) is 8.31. The van der Waals surface area contributed by atoms with E-state index in [2.05, 4.69) is 10.3 Å². The quantitative estimate of drug-likeness (QED) is 0.674. The second kappa shape index (κ2) is 7.85. The monoisotopic (exact) mass is 381 g/mol. The Morgan fingerprint density at radius 3 is 2.70 bits per heavy atom. The number of nitrogens with zero attached hydrogens (tertiary/aromatic N) is 1. The lowest BCUT2D eigenvalue weighted by Crippen LogP contribution is -2.25. The number of benzene rings is 2. The number of allylic oxidation sites excluding steroid dienone is 1. The van der Waals surface area contributed by atoms with Gasteiger partial charge in [-0.1, -0.05) is 23.7 Å². The van der Waals surface area contributed by atoms with E-state index in [4.69, 9.17) is 16.9 Å². The van der Waals surface area contributed by atoms with Gasteiger partial charge in [-0.15, -0.1) is 0 Å². The summed E-state index contributed by atoms with van der Waals surface area (Å²) in [5, 5.41) is 11.9. The highest BCUT2D eigenvalue weighted by Gasteiger charge is 2.13. The predicted molar refractivity (Wildman–Crippen MR) is 102 cm³/mol. The van der Waals surface area contributed by atoms with Crippen LogP contribution >= 0.6 is 11.6 Å². The standard InChI is InChI=1S/C20H13ClFN3O2/c21-14-5-3-12(4-6-14)11-24-20(27)17-10-18(26)15-8-13(2-1-7-23)9-16(22)19(15)25-17/h1-6,8-10H,11H2,(H,24,27)(H,25,26)/b2-1+. The number of halogens is 2. The Labute approximate surface area is 158 Å². The molecule has 134 valence electrons. The zero-order valence-electron chi connectivity index (χ0n) is 13.9. The number of amides is 1. The van der Waals surface area contributed by atoms with E-state index in [-0.39, 0.29) is 23.1 Å². The molecule has 27 heavy (non-hydrogen) atoms. The first-order valence-electron chi connectivity index (χ1n) is 7.93. The van der Waals surface area contributed by atoms with Crippen molar-refractivity contribution in [3.05, 3.63) is 86.4 Å². The number of H-pyrrole nitrogens is 1. The molecule has 0 aliphatic carbocycles. The van der Waals surface area contributed by atoms with Crippen LogP contribution in [0.2, 0.25) is 5.02 Å². The minimum Gasteiger partial charge on any atom is -0.348 e. The third-order valence-electron chi connectivity index (χ3n) is 3.87. The summed E-state index contributed by atoms with van der Waals surface area (Å²) in [6.07, 6.45) is 2.59. The van der Waals surface area contributed by atoms with E-state index in [1.807, 2.05) is 0 Å². The molecule has 0 aliphatic rings. The van der Waals surface area contributed by atoms with Crippen LogP contribution in [0.1, 0.15) is 21.6 Å². The third-order valence-corrected chi connectivity index (χ3v) is 4.13. The lowest BCUT2D eigenvalue weighted by Gasteiger charge is -2.08. The second-order valence-corrected chi connectivity index (χ2v) is 6.18. The third kappa shape index (κ3) is 4.22. The smallest absolute Gasteiger partial charge is 0.268 e. The number of nitriles is 1. The molecular formula is C20H13ClFN3O2. The van der Waals surface area contributed by atoms with Gasteiger partial charge in [-0.3, -0.25) is 9.59 Å². The van der Waals surface area contributed by atoms with Crippen LogP contribution < -0.4 is 10.7 Å². The summed E-state index contributed by atoms with van der Waals surface area (Å²) in [5.74, 6) is -1.22. The number of pyridine rings is 1. The van der Waals surface area contributed by atoms with Gasteiger partial charge >= 0.3 is 0 Å². The number of hydrogen-bond donors (Lipinski definition) is 2. The fraction of sp³-hybridized carbons (Fsp3) is 0.0500. The molecule has 2 N–H and O–H groups in total. The molecule has 7 heteroatoms. The van der Waals surface area contributed by atoms with Crippen LogP contribution in [0, 0.1) is 17.1 Å². The number of carbonyl (C=O) groups excluding carboxylic acids is 1. The van der Waals surface area contributed by atoms with Crippen LogP contribution in [0.4, 0.5) is 4.39 Å². The van der Waals surface area contributed by atoms with Crippen LogP contribution in [0.15, 0.2) is 53.3 Å². The van der Waals surface area contributed by atoms with Crippen molar-refractivity contribution in [1.29, 1.82) is 5.26 Å². The number of carbonyl (C=O) groups is 1. The molecule has 1 amide bonds. The van der Waals surface area contributed by atoms with Gasteiger partial charge in [-0.05, 0) is 41.5 Å². The lowest BCUT2D eigenvalue weighted by atomic mass is 10.1. The van der Waals surface area contributed by atoms with Gasteiger partial charge in [0.1, 0.15) is 11.5 Å². The largest absolute Gasteiger partial charge is 0.348 e. The van der Waals surface area contributed by atoms with E-state index in [0.29, 0.717) is 10.6 Å². The normalized spacial score (nSPS) is 10.9. The Hall–Kier alpha value is -3.43. The summed E-state index contributed by atoms with van der Waals surface area (Å²) in [6, 6.07) is 12.5. The van der Waals surface area contributed by atoms with Gasteiger partial charge in [0.15, 0.2) is 5.43 Å². The maximum Gasteiger partial charge on any atom is 0.268 e. The summed E-state index contributed by atoms with van der Waals surface area (Å²) >= 11 is 5.81. The summed E-state index contributed by atoms with van der Waals surface area (Å²) in [6.45, 7) is 0.233. The minimum absolute atomic E-state index is 0.0410. The zero-order chi connectivity index (χ0) is 19.4. The average molecular weight is 382 g/mol. The molecule has 1 heterocycles. The molecule has 0 radical (unpaired) electrons. The van der Waals surface area contributed by atoms with Crippen molar-refractivity contribution in [1.82, 2.24) is 10.3 Å². The summed E-state index contributed by atoms with van der Waals surface area (Å²) in [4.78, 5) is 27.3. The van der Waals surface area contributed by atoms with E-state index in [1.165, 1.54) is 24.3 Å². The fourth-order valence-electron chi connectivity index (χ4n) is 2.56. The lowest BCUT2D eigenvalue weighted by molar-refractivity contribution is 0.0946. The van der Waals surface area contributed by atoms with Gasteiger partial charge in [0.25, 0.3) is 5.91 Å². The number of fused-ring (bicyclic) bond motifs is 1. The fourth-order valence-corrected chi connectivity index (χ4v) is 2.69. The maximum absolute atomic E-state index is 14.4. The van der Waals surface area contributed by atoms with Crippen molar-refractivity contribution in [2.75, 3.05) is 0 Å². The molecule has 5 nitrogen and oxygen atoms in total. The van der Waals surface area contributed by atoms with Gasteiger partial charge in [0, 0.05) is 29.1 Å². The van der Waals surface area contributed by atoms with E-state index >= 15 is 0 Å². The first kappa shape index (κ1) is 18.4. The highest BCUT2D eigenvalue weighted by Crippen LogP contribution is 2.17. The van der Waals surface area contributed by atoms with E-state index in [0.717, 1.165) is 11.6 Å². The van der Waals surface area contributed by atoms with Gasteiger partial charge in [-0.25, -0.2) is 4.39 Å². The van der Waals surface area contributed by atoms with Crippen LogP contribution in [-0.2, 0) is 6.54 Å². The SMILES string of the molecule is N#C/C=C/c1cc(F)c2[nH]c(C(=O)NCc3ccc(Cl)cc3)cc(=O)c2c1. The molecule has 0 atom stereocenters. The number of hydrogen-bond acceptors (Lipinski definition) is 3. The Kier molecular flexibility index (Phi) is 5.34. The summed E-state index contributed by atoms with van der Waals surface area (Å²) < 4.78 is 14.4. The van der Waals surface area contributed by atoms with Crippen molar-refractivity contribution in [3.8, 4) is 6.07 Å². The van der Waals surface area contributed by atoms with Gasteiger partial charge < -0.3 is 10.3 Å². The van der Waals surface area contributed by atoms with E-state index < -0.39 is 17.2 Å². The molecule has 3 rings (SSSR count). The van der Waals surface area contributed by atoms with E-state index in [9.17, 15) is 14.0 Å². The highest BCUT2D eigenvalue weighted by atomic mass is 35.5. The molecule has 0 fully saturated rings. The predicted octanol–water partition coefficient (Wildman–Crippen LogP) is 3.79. The van der Waals surface area contributed by atoms with Gasteiger partial charge in [-0.2, -0.15) is 5.26 Å². The molecule has 0 aliphatic heterocycles. The molecule has 0 bridgehead atoms. The Bertz CT molecular complexity index is 1140. The van der Waals surface area contributed by atoms with Crippen molar-refractivity contribution in [3.63, 3.8) is 0 Å². The van der Waals surface area contributed by atoms with Crippen LogP contribution in [-0.4, -0.2) is 10.9 Å². The molecule has 2 aromatic carbocycles. The van der Waals surface area contributed by atoms with Crippen molar-refractivity contribution >= 4 is 34.5 Å². The second-order valence-electron chi connectivity index (χ2n) is 5.74. The van der Waals surface area contributed by atoms with Crippen molar-refractivity contribution in [2.24, 2.45) is 0 Å². The first-order chi connectivity index (χ1) is 13.0. The Morgan fingerprint density at radius 2 is 2.00 bits per heavy atom. The van der Waals surface area contributed by atoms with Crippen molar-refractivity contribution < 1.29 is 9.18 Å². The zero-order valence-corrected chi connectivity index (χ0v) is 14.7. The maximum atomic E-state index is 14.4. The van der Waals surface area contributed by atoms with Gasteiger partial charge in [0.2, 0.25) is 0 Å². The molecule has 3 aromatic rings. The van der Waals surface area contributed by atoms with Crippen molar-refractivity contribution in [2.45, 2.75) is 6.54 Å². The van der Waals surface area contributed by atoms with Crippen LogP contribution in [0.5, 0.6) is 0 Å². The van der Waals surface area contributed by atoms with Crippen LogP contribution in [0.25, 0.3) is 17.0 Å². The molecule has 0 saturated heterocycles. The molecular weight excluding hydrogens is 369 g/mol. The molecule has 1 aromatic heterocycles. The number of nitrogens with one attached hydrogen (secondary N) is 2. The van der Waals surface area contributed by atoms with Crippen LogP contribution in [0.3, 0.4) is 0 Å². The number of aromatic nitrogens is 1. The summed E-state index contributed by atoms with van der Waals surface area (Å²) in [7, 11) is 0. The number of rotatable bonds is 4. The Balaban J connectivity index is 1.89. The molecule has 0 saturated carbocycles. The summed E-state index contributed by atoms with van der Waals surface area (Å²) in [5.41, 5.74) is 0.614. The minimum atomic E-state index is -0.686. The van der Waals surface area contributed by atoms with Gasteiger partial charge in [0.05, 0.1) is 11.6 Å². The number of aromatic amines is 1. The highest BCUT2D eigenvalue weighted by molar-refractivity contribution is 6.30. The average Bonchev–Trinajstić information content (AvgIpc) is 2.66. The topological polar surface area (TPSA) is 85.8 Å². The molecule has 0 spiro atoms.